The third-order valence-corrected chi connectivity index (χ3v) is 7.70. The molecule has 1 saturated heterocycles. The Hall–Kier alpha value is -3.19. The van der Waals surface area contributed by atoms with E-state index in [0.29, 0.717) is 18.7 Å². The zero-order valence-electron chi connectivity index (χ0n) is 21.9. The summed E-state index contributed by atoms with van der Waals surface area (Å²) >= 11 is 0. The number of hydrogen-bond donors (Lipinski definition) is 0. The Morgan fingerprint density at radius 2 is 2.00 bits per heavy atom. The number of anilines is 2. The van der Waals surface area contributed by atoms with Gasteiger partial charge in [0, 0.05) is 49.4 Å². The van der Waals surface area contributed by atoms with Crippen LogP contribution in [-0.2, 0) is 13.0 Å². The molecule has 0 aliphatic carbocycles. The van der Waals surface area contributed by atoms with E-state index < -0.39 is 0 Å². The molecule has 7 heteroatoms. The van der Waals surface area contributed by atoms with E-state index in [2.05, 4.69) is 83.8 Å². The van der Waals surface area contributed by atoms with E-state index >= 15 is 0 Å². The maximum atomic E-state index is 6.24. The van der Waals surface area contributed by atoms with Crippen LogP contribution in [0.1, 0.15) is 36.1 Å². The summed E-state index contributed by atoms with van der Waals surface area (Å²) in [6.45, 7) is 10.9. The standard InChI is InChI=1S/C29H38N6O/c1-21-9-5-10-22-11-6-13-26(27(21)22)35-18-14-24-25(19-35)31-29(36-20-23-12-7-16-33(23)3)32-28(24)34(4)17-8-15-30-2/h5-6,9-11,13,23H,2,7-8,12,14-20H2,1,3-4H3/t23-/m0/s1. The van der Waals surface area contributed by atoms with Gasteiger partial charge in [-0.15, -0.1) is 0 Å². The molecule has 1 aromatic heterocycles. The second kappa shape index (κ2) is 10.8. The van der Waals surface area contributed by atoms with Gasteiger partial charge in [0.05, 0.1) is 12.2 Å². The van der Waals surface area contributed by atoms with Crippen LogP contribution < -0.4 is 14.5 Å². The second-order valence-electron chi connectivity index (χ2n) is 10.2. The van der Waals surface area contributed by atoms with Crippen LogP contribution in [0.3, 0.4) is 0 Å². The van der Waals surface area contributed by atoms with Gasteiger partial charge in [-0.05, 0) is 69.9 Å². The fourth-order valence-corrected chi connectivity index (χ4v) is 5.63. The Balaban J connectivity index is 1.46. The first-order chi connectivity index (χ1) is 17.5. The van der Waals surface area contributed by atoms with E-state index in [4.69, 9.17) is 14.7 Å². The molecule has 0 saturated carbocycles. The first-order valence-electron chi connectivity index (χ1n) is 13.1. The van der Waals surface area contributed by atoms with Crippen LogP contribution in [-0.4, -0.2) is 74.5 Å². The minimum atomic E-state index is 0.430. The van der Waals surface area contributed by atoms with Crippen molar-refractivity contribution in [2.75, 3.05) is 56.7 Å². The fourth-order valence-electron chi connectivity index (χ4n) is 5.63. The van der Waals surface area contributed by atoms with Gasteiger partial charge in [-0.3, -0.25) is 0 Å². The highest BCUT2D eigenvalue weighted by molar-refractivity contribution is 5.97. The third kappa shape index (κ3) is 5.03. The van der Waals surface area contributed by atoms with E-state index in [1.807, 2.05) is 0 Å². The van der Waals surface area contributed by atoms with Gasteiger partial charge >= 0.3 is 6.01 Å². The van der Waals surface area contributed by atoms with Crippen LogP contribution in [0.2, 0.25) is 0 Å². The van der Waals surface area contributed by atoms with Crippen LogP contribution >= 0.6 is 0 Å². The summed E-state index contributed by atoms with van der Waals surface area (Å²) in [6, 6.07) is 14.1. The van der Waals surface area contributed by atoms with Gasteiger partial charge in [0.25, 0.3) is 0 Å². The summed E-state index contributed by atoms with van der Waals surface area (Å²) in [5, 5.41) is 2.61. The van der Waals surface area contributed by atoms with Crippen molar-refractivity contribution in [2.24, 2.45) is 4.99 Å². The molecule has 3 aromatic rings. The Bertz CT molecular complexity index is 1220. The molecule has 3 heterocycles. The molecule has 2 aromatic carbocycles. The van der Waals surface area contributed by atoms with Crippen molar-refractivity contribution in [3.63, 3.8) is 0 Å². The Morgan fingerprint density at radius 3 is 2.78 bits per heavy atom. The summed E-state index contributed by atoms with van der Waals surface area (Å²) in [4.78, 5) is 21.0. The van der Waals surface area contributed by atoms with Gasteiger partial charge in [-0.1, -0.05) is 30.3 Å². The molecule has 0 radical (unpaired) electrons. The molecule has 1 atom stereocenters. The summed E-state index contributed by atoms with van der Waals surface area (Å²) in [7, 11) is 4.28. The van der Waals surface area contributed by atoms with Crippen molar-refractivity contribution in [2.45, 2.75) is 45.2 Å². The van der Waals surface area contributed by atoms with Crippen molar-refractivity contribution in [1.82, 2.24) is 14.9 Å². The third-order valence-electron chi connectivity index (χ3n) is 7.70. The van der Waals surface area contributed by atoms with E-state index in [1.54, 1.807) is 0 Å². The van der Waals surface area contributed by atoms with E-state index in [0.717, 1.165) is 63.5 Å². The number of aryl methyl sites for hydroxylation is 1. The summed E-state index contributed by atoms with van der Waals surface area (Å²) in [6.07, 6.45) is 4.24. The highest BCUT2D eigenvalue weighted by atomic mass is 16.5. The summed E-state index contributed by atoms with van der Waals surface area (Å²) in [5.41, 5.74) is 4.89. The van der Waals surface area contributed by atoms with Gasteiger partial charge in [0.15, 0.2) is 0 Å². The number of hydrogen-bond acceptors (Lipinski definition) is 7. The van der Waals surface area contributed by atoms with Crippen molar-refractivity contribution in [3.8, 4) is 6.01 Å². The first kappa shape index (κ1) is 24.5. The fraction of sp³-hybridized carbons (Fsp3) is 0.483. The molecule has 190 valence electrons. The molecule has 0 unspecified atom stereocenters. The molecular weight excluding hydrogens is 448 g/mol. The Kier molecular flexibility index (Phi) is 7.37. The Morgan fingerprint density at radius 1 is 1.17 bits per heavy atom. The van der Waals surface area contributed by atoms with Gasteiger partial charge in [-0.2, -0.15) is 9.97 Å². The lowest BCUT2D eigenvalue weighted by atomic mass is 10.00. The van der Waals surface area contributed by atoms with Crippen LogP contribution in [0.15, 0.2) is 41.4 Å². The van der Waals surface area contributed by atoms with E-state index in [1.165, 1.54) is 34.0 Å². The number of fused-ring (bicyclic) bond motifs is 2. The average Bonchev–Trinajstić information content (AvgIpc) is 3.31. The lowest BCUT2D eigenvalue weighted by molar-refractivity contribution is 0.187. The number of aliphatic imine (C=N–C) groups is 1. The lowest BCUT2D eigenvalue weighted by Gasteiger charge is -2.33. The number of nitrogens with zero attached hydrogens (tertiary/aromatic N) is 6. The van der Waals surface area contributed by atoms with Crippen molar-refractivity contribution >= 4 is 29.0 Å². The van der Waals surface area contributed by atoms with Gasteiger partial charge in [0.1, 0.15) is 12.4 Å². The maximum absolute atomic E-state index is 6.24. The quantitative estimate of drug-likeness (QED) is 0.328. The number of likely N-dealkylation sites (N-methyl/N-ethyl adjacent to an activating group) is 1. The average molecular weight is 487 g/mol. The molecule has 0 bridgehead atoms. The monoisotopic (exact) mass is 486 g/mol. The van der Waals surface area contributed by atoms with Crippen LogP contribution in [0.4, 0.5) is 11.5 Å². The van der Waals surface area contributed by atoms with Gasteiger partial charge in [0.2, 0.25) is 0 Å². The van der Waals surface area contributed by atoms with E-state index in [-0.39, 0.29) is 0 Å². The number of benzene rings is 2. The number of rotatable bonds is 9. The zero-order chi connectivity index (χ0) is 25.1. The molecule has 0 N–H and O–H groups in total. The zero-order valence-corrected chi connectivity index (χ0v) is 21.9. The molecule has 2 aliphatic rings. The van der Waals surface area contributed by atoms with Gasteiger partial charge in [-0.25, -0.2) is 0 Å². The molecule has 0 spiro atoms. The number of ether oxygens (including phenoxy) is 1. The molecule has 7 nitrogen and oxygen atoms in total. The Labute approximate surface area is 214 Å². The topological polar surface area (TPSA) is 57.1 Å². The predicted molar refractivity (Wildman–Crippen MR) is 149 cm³/mol. The minimum Gasteiger partial charge on any atom is -0.462 e. The lowest BCUT2D eigenvalue weighted by Crippen LogP contribution is -2.34. The predicted octanol–water partition coefficient (Wildman–Crippen LogP) is 4.50. The van der Waals surface area contributed by atoms with Crippen LogP contribution in [0.5, 0.6) is 6.01 Å². The molecule has 2 aliphatic heterocycles. The highest BCUT2D eigenvalue weighted by Crippen LogP contribution is 2.35. The van der Waals surface area contributed by atoms with Gasteiger partial charge < -0.3 is 24.4 Å². The van der Waals surface area contributed by atoms with Crippen molar-refractivity contribution in [1.29, 1.82) is 0 Å². The normalized spacial score (nSPS) is 17.9. The largest absolute Gasteiger partial charge is 0.462 e. The maximum Gasteiger partial charge on any atom is 0.318 e. The minimum absolute atomic E-state index is 0.430. The number of aromatic nitrogens is 2. The first-order valence-corrected chi connectivity index (χ1v) is 13.1. The molecular formula is C29H38N6O. The molecule has 0 amide bonds. The van der Waals surface area contributed by atoms with Crippen molar-refractivity contribution < 1.29 is 4.74 Å². The molecule has 36 heavy (non-hydrogen) atoms. The summed E-state index contributed by atoms with van der Waals surface area (Å²) in [5.74, 6) is 0.993. The molecule has 1 fully saturated rings. The van der Waals surface area contributed by atoms with Crippen LogP contribution in [0.25, 0.3) is 10.8 Å². The van der Waals surface area contributed by atoms with Crippen molar-refractivity contribution in [3.05, 3.63) is 53.2 Å². The summed E-state index contributed by atoms with van der Waals surface area (Å²) < 4.78 is 6.24. The smallest absolute Gasteiger partial charge is 0.318 e. The SMILES string of the molecule is C=NCCCN(C)c1nc(OC[C@@H]2CCCN2C)nc2c1CCN(c1cccc3cccc(C)c13)C2. The number of likely N-dealkylation sites (tertiary alicyclic amines) is 1. The molecule has 5 rings (SSSR count). The van der Waals surface area contributed by atoms with Crippen LogP contribution in [0, 0.1) is 6.92 Å². The second-order valence-corrected chi connectivity index (χ2v) is 10.2. The van der Waals surface area contributed by atoms with E-state index in [9.17, 15) is 0 Å². The highest BCUT2D eigenvalue weighted by Gasteiger charge is 2.27.